The number of carbonyl (C=O) groups excluding carboxylic acids is 2. The topological polar surface area (TPSA) is 75.4 Å². The van der Waals surface area contributed by atoms with Gasteiger partial charge in [-0.15, -0.1) is 0 Å². The Morgan fingerprint density at radius 3 is 2.58 bits per heavy atom. The number of amides is 2. The number of nitrogens with two attached hydrogens (primary N) is 1. The zero-order valence-electron chi connectivity index (χ0n) is 11.1. The van der Waals surface area contributed by atoms with E-state index in [0.29, 0.717) is 11.3 Å². The molecule has 19 heavy (non-hydrogen) atoms. The third kappa shape index (κ3) is 3.54. The molecule has 2 rings (SSSR count). The van der Waals surface area contributed by atoms with E-state index in [9.17, 15) is 9.59 Å². The highest BCUT2D eigenvalue weighted by Crippen LogP contribution is 2.18. The van der Waals surface area contributed by atoms with Gasteiger partial charge in [0, 0.05) is 17.8 Å². The fourth-order valence-electron chi connectivity index (χ4n) is 2.34. The molecule has 5 nitrogen and oxygen atoms in total. The predicted octanol–water partition coefficient (Wildman–Crippen LogP) is 1.07. The molecule has 0 radical (unpaired) electrons. The van der Waals surface area contributed by atoms with Crippen LogP contribution in [0, 0.1) is 5.92 Å². The monoisotopic (exact) mass is 261 g/mol. The van der Waals surface area contributed by atoms with Crippen LogP contribution in [0.25, 0.3) is 0 Å². The highest BCUT2D eigenvalue weighted by molar-refractivity contribution is 5.95. The number of anilines is 1. The minimum atomic E-state index is -0.466. The first-order chi connectivity index (χ1) is 9.06. The van der Waals surface area contributed by atoms with Gasteiger partial charge in [-0.25, -0.2) is 0 Å². The summed E-state index contributed by atoms with van der Waals surface area (Å²) in [5, 5.41) is 2.88. The number of rotatable bonds is 3. The Morgan fingerprint density at radius 2 is 2.00 bits per heavy atom. The molecule has 0 spiro atoms. The standard InChI is InChI=1S/C14H19N3O2/c1-17-8-2-3-11(9-17)14(19)16-12-6-4-10(5-7-12)13(15)18/h4-7,11H,2-3,8-9H2,1H3,(H2,15,18)(H,16,19)/t11-/m0/s1. The van der Waals surface area contributed by atoms with Crippen LogP contribution in [0.2, 0.25) is 0 Å². The lowest BCUT2D eigenvalue weighted by Gasteiger charge is -2.28. The van der Waals surface area contributed by atoms with Gasteiger partial charge in [0.2, 0.25) is 11.8 Å². The maximum absolute atomic E-state index is 12.1. The van der Waals surface area contributed by atoms with Crippen molar-refractivity contribution in [3.63, 3.8) is 0 Å². The molecule has 1 aromatic rings. The minimum Gasteiger partial charge on any atom is -0.366 e. The van der Waals surface area contributed by atoms with E-state index < -0.39 is 5.91 Å². The number of nitrogens with one attached hydrogen (secondary N) is 1. The molecule has 0 saturated carbocycles. The zero-order chi connectivity index (χ0) is 13.8. The number of nitrogens with zero attached hydrogens (tertiary/aromatic N) is 1. The minimum absolute atomic E-state index is 0.0366. The summed E-state index contributed by atoms with van der Waals surface area (Å²) in [6.07, 6.45) is 1.98. The number of likely N-dealkylation sites (tertiary alicyclic amines) is 1. The number of primary amides is 1. The molecule has 1 saturated heterocycles. The summed E-state index contributed by atoms with van der Waals surface area (Å²) in [6.45, 7) is 1.85. The highest BCUT2D eigenvalue weighted by atomic mass is 16.2. The largest absolute Gasteiger partial charge is 0.366 e. The third-order valence-electron chi connectivity index (χ3n) is 3.43. The average Bonchev–Trinajstić information content (AvgIpc) is 2.39. The highest BCUT2D eigenvalue weighted by Gasteiger charge is 2.23. The molecule has 0 aliphatic carbocycles. The molecular formula is C14H19N3O2. The van der Waals surface area contributed by atoms with Crippen molar-refractivity contribution >= 4 is 17.5 Å². The van der Waals surface area contributed by atoms with Crippen molar-refractivity contribution in [2.45, 2.75) is 12.8 Å². The summed E-state index contributed by atoms with van der Waals surface area (Å²) in [6, 6.07) is 6.63. The van der Waals surface area contributed by atoms with Gasteiger partial charge in [0.15, 0.2) is 0 Å². The van der Waals surface area contributed by atoms with Crippen LogP contribution in [0.5, 0.6) is 0 Å². The Kier molecular flexibility index (Phi) is 4.16. The van der Waals surface area contributed by atoms with Crippen molar-refractivity contribution in [2.75, 3.05) is 25.5 Å². The van der Waals surface area contributed by atoms with Crippen molar-refractivity contribution < 1.29 is 9.59 Å². The van der Waals surface area contributed by atoms with E-state index in [4.69, 9.17) is 5.73 Å². The fraction of sp³-hybridized carbons (Fsp3) is 0.429. The van der Waals surface area contributed by atoms with Crippen LogP contribution in [0.3, 0.4) is 0 Å². The number of piperidine rings is 1. The first kappa shape index (κ1) is 13.5. The van der Waals surface area contributed by atoms with Gasteiger partial charge < -0.3 is 16.0 Å². The average molecular weight is 261 g/mol. The van der Waals surface area contributed by atoms with Crippen LogP contribution in [-0.4, -0.2) is 36.9 Å². The second kappa shape index (κ2) is 5.84. The quantitative estimate of drug-likeness (QED) is 0.854. The van der Waals surface area contributed by atoms with E-state index in [2.05, 4.69) is 10.2 Å². The summed E-state index contributed by atoms with van der Waals surface area (Å²) in [5.74, 6) is -0.389. The van der Waals surface area contributed by atoms with Gasteiger partial charge in [-0.1, -0.05) is 0 Å². The number of hydrogen-bond acceptors (Lipinski definition) is 3. The van der Waals surface area contributed by atoms with Crippen LogP contribution in [0.4, 0.5) is 5.69 Å². The van der Waals surface area contributed by atoms with Gasteiger partial charge in [0.25, 0.3) is 0 Å². The van der Waals surface area contributed by atoms with Gasteiger partial charge >= 0.3 is 0 Å². The Bertz CT molecular complexity index is 470. The van der Waals surface area contributed by atoms with Gasteiger partial charge in [-0.05, 0) is 50.7 Å². The summed E-state index contributed by atoms with van der Waals surface area (Å²) < 4.78 is 0. The van der Waals surface area contributed by atoms with Crippen LogP contribution in [-0.2, 0) is 4.79 Å². The molecule has 1 fully saturated rings. The molecule has 0 aromatic heterocycles. The van der Waals surface area contributed by atoms with Crippen LogP contribution < -0.4 is 11.1 Å². The smallest absolute Gasteiger partial charge is 0.248 e. The molecule has 102 valence electrons. The van der Waals surface area contributed by atoms with Gasteiger partial charge in [0.1, 0.15) is 0 Å². The van der Waals surface area contributed by atoms with Crippen molar-refractivity contribution in [2.24, 2.45) is 11.7 Å². The first-order valence-electron chi connectivity index (χ1n) is 6.45. The normalized spacial score (nSPS) is 19.9. The Balaban J connectivity index is 1.96. The lowest BCUT2D eigenvalue weighted by Crippen LogP contribution is -2.38. The summed E-state index contributed by atoms with van der Waals surface area (Å²) in [7, 11) is 2.03. The fourth-order valence-corrected chi connectivity index (χ4v) is 2.34. The van der Waals surface area contributed by atoms with E-state index in [0.717, 1.165) is 25.9 Å². The van der Waals surface area contributed by atoms with Crippen LogP contribution >= 0.6 is 0 Å². The Labute approximate surface area is 112 Å². The maximum Gasteiger partial charge on any atom is 0.248 e. The Hall–Kier alpha value is -1.88. The molecule has 2 amide bonds. The van der Waals surface area contributed by atoms with Crippen LogP contribution in [0.15, 0.2) is 24.3 Å². The molecule has 0 unspecified atom stereocenters. The third-order valence-corrected chi connectivity index (χ3v) is 3.43. The van der Waals surface area contributed by atoms with Crippen molar-refractivity contribution in [3.05, 3.63) is 29.8 Å². The predicted molar refractivity (Wildman–Crippen MR) is 73.8 cm³/mol. The SMILES string of the molecule is CN1CCC[C@H](C(=O)Nc2ccc(C(N)=O)cc2)C1. The molecule has 1 heterocycles. The van der Waals surface area contributed by atoms with E-state index >= 15 is 0 Å². The maximum atomic E-state index is 12.1. The molecule has 1 aliphatic rings. The van der Waals surface area contributed by atoms with Crippen LogP contribution in [0.1, 0.15) is 23.2 Å². The summed E-state index contributed by atoms with van der Waals surface area (Å²) >= 11 is 0. The van der Waals surface area contributed by atoms with E-state index in [1.54, 1.807) is 24.3 Å². The molecule has 1 atom stereocenters. The van der Waals surface area contributed by atoms with Crippen molar-refractivity contribution in [3.8, 4) is 0 Å². The summed E-state index contributed by atoms with van der Waals surface area (Å²) in [5.41, 5.74) is 6.30. The number of carbonyl (C=O) groups is 2. The van der Waals surface area contributed by atoms with Crippen molar-refractivity contribution in [1.29, 1.82) is 0 Å². The lowest BCUT2D eigenvalue weighted by atomic mass is 9.97. The second-order valence-corrected chi connectivity index (χ2v) is 5.03. The second-order valence-electron chi connectivity index (χ2n) is 5.03. The molecule has 1 aromatic carbocycles. The van der Waals surface area contributed by atoms with E-state index in [1.165, 1.54) is 0 Å². The number of benzene rings is 1. The lowest BCUT2D eigenvalue weighted by molar-refractivity contribution is -0.121. The molecule has 1 aliphatic heterocycles. The number of hydrogen-bond donors (Lipinski definition) is 2. The molecule has 5 heteroatoms. The van der Waals surface area contributed by atoms with Gasteiger partial charge in [0.05, 0.1) is 5.92 Å². The molecule has 3 N–H and O–H groups in total. The zero-order valence-corrected chi connectivity index (χ0v) is 11.1. The van der Waals surface area contributed by atoms with Gasteiger partial charge in [-0.2, -0.15) is 0 Å². The molecular weight excluding hydrogens is 242 g/mol. The van der Waals surface area contributed by atoms with Crippen molar-refractivity contribution in [1.82, 2.24) is 4.90 Å². The Morgan fingerprint density at radius 1 is 1.32 bits per heavy atom. The summed E-state index contributed by atoms with van der Waals surface area (Å²) in [4.78, 5) is 25.2. The van der Waals surface area contributed by atoms with E-state index in [-0.39, 0.29) is 11.8 Å². The first-order valence-corrected chi connectivity index (χ1v) is 6.45. The molecule has 0 bridgehead atoms. The van der Waals surface area contributed by atoms with E-state index in [1.807, 2.05) is 7.05 Å². The van der Waals surface area contributed by atoms with Gasteiger partial charge in [-0.3, -0.25) is 9.59 Å².